The number of H-pyrrole nitrogens is 1. The third kappa shape index (κ3) is 1.96. The molecule has 1 aromatic heterocycles. The lowest BCUT2D eigenvalue weighted by molar-refractivity contribution is 0.483. The molecule has 0 bridgehead atoms. The van der Waals surface area contributed by atoms with Gasteiger partial charge in [-0.3, -0.25) is 0 Å². The first-order chi connectivity index (χ1) is 9.09. The zero-order valence-electron chi connectivity index (χ0n) is 9.55. The Kier molecular flexibility index (Phi) is 3.09. The Morgan fingerprint density at radius 3 is 2.37 bits per heavy atom. The highest BCUT2D eigenvalue weighted by Gasteiger charge is 2.15. The molecule has 0 radical (unpaired) electrons. The molecule has 0 saturated carbocycles. The number of hydrogen-bond acceptors (Lipinski definition) is 1. The molecule has 0 amide bonds. The second kappa shape index (κ2) is 4.64. The summed E-state index contributed by atoms with van der Waals surface area (Å²) in [5, 5.41) is 12.1. The van der Waals surface area contributed by atoms with Crippen molar-refractivity contribution in [3.63, 3.8) is 0 Å². The summed E-state index contributed by atoms with van der Waals surface area (Å²) in [4.78, 5) is 3.03. The molecule has 2 N–H and O–H groups in total. The van der Waals surface area contributed by atoms with Crippen LogP contribution in [0, 0.1) is 0 Å². The molecule has 1 heterocycles. The van der Waals surface area contributed by atoms with Crippen molar-refractivity contribution in [3.05, 3.63) is 51.6 Å². The molecule has 0 unspecified atom stereocenters. The zero-order valence-corrected chi connectivity index (χ0v) is 11.8. The number of fused-ring (bicyclic) bond motifs is 1. The minimum atomic E-state index is 0.166. The monoisotopic (exact) mass is 311 g/mol. The van der Waals surface area contributed by atoms with E-state index in [9.17, 15) is 5.11 Å². The van der Waals surface area contributed by atoms with Crippen LogP contribution in [0.3, 0.4) is 0 Å². The van der Waals surface area contributed by atoms with Crippen LogP contribution in [0.4, 0.5) is 0 Å². The number of halogens is 3. The lowest BCUT2D eigenvalue weighted by atomic mass is 10.0. The van der Waals surface area contributed by atoms with Crippen molar-refractivity contribution in [1.82, 2.24) is 4.98 Å². The average molecular weight is 313 g/mol. The van der Waals surface area contributed by atoms with Crippen LogP contribution in [-0.2, 0) is 0 Å². The van der Waals surface area contributed by atoms with E-state index < -0.39 is 0 Å². The molecule has 3 rings (SSSR count). The molecular weight excluding hydrogens is 305 g/mol. The van der Waals surface area contributed by atoms with E-state index in [0.29, 0.717) is 21.2 Å². The molecule has 3 aromatic rings. The van der Waals surface area contributed by atoms with E-state index in [1.54, 1.807) is 30.5 Å². The van der Waals surface area contributed by atoms with E-state index in [0.717, 1.165) is 10.9 Å². The van der Waals surface area contributed by atoms with Gasteiger partial charge in [0, 0.05) is 28.2 Å². The Hall–Kier alpha value is -1.35. The van der Waals surface area contributed by atoms with Crippen molar-refractivity contribution in [2.45, 2.75) is 0 Å². The van der Waals surface area contributed by atoms with Gasteiger partial charge in [0.2, 0.25) is 0 Å². The fraction of sp³-hybridized carbons (Fsp3) is 0. The van der Waals surface area contributed by atoms with Crippen molar-refractivity contribution in [2.24, 2.45) is 0 Å². The number of hydrogen-bond donors (Lipinski definition) is 2. The topological polar surface area (TPSA) is 36.0 Å². The van der Waals surface area contributed by atoms with Gasteiger partial charge in [0.15, 0.2) is 0 Å². The highest BCUT2D eigenvalue weighted by Crippen LogP contribution is 2.42. The van der Waals surface area contributed by atoms with E-state index in [-0.39, 0.29) is 10.8 Å². The number of aromatic amines is 1. The Bertz CT molecular complexity index is 780. The standard InChI is InChI=1S/C14H8Cl3NO/c15-10-3-1-7(12(16)13(10)17)8-2-4-11-9(14(8)19)5-6-18-11/h1-6,18-19H. The third-order valence-corrected chi connectivity index (χ3v) is 4.32. The van der Waals surface area contributed by atoms with Gasteiger partial charge in [0.05, 0.1) is 15.1 Å². The fourth-order valence-corrected chi connectivity index (χ4v) is 2.71. The van der Waals surface area contributed by atoms with E-state index in [2.05, 4.69) is 4.98 Å². The largest absolute Gasteiger partial charge is 0.507 e. The number of nitrogens with one attached hydrogen (secondary N) is 1. The Balaban J connectivity index is 2.30. The van der Waals surface area contributed by atoms with Gasteiger partial charge < -0.3 is 10.1 Å². The summed E-state index contributed by atoms with van der Waals surface area (Å²) in [6.07, 6.45) is 1.77. The summed E-state index contributed by atoms with van der Waals surface area (Å²) in [7, 11) is 0. The molecule has 2 nitrogen and oxygen atoms in total. The highest BCUT2D eigenvalue weighted by atomic mass is 35.5. The summed E-state index contributed by atoms with van der Waals surface area (Å²) in [6, 6.07) is 8.87. The average Bonchev–Trinajstić information content (AvgIpc) is 2.87. The van der Waals surface area contributed by atoms with Crippen molar-refractivity contribution in [3.8, 4) is 16.9 Å². The molecule has 0 aliphatic heterocycles. The molecule has 0 fully saturated rings. The number of rotatable bonds is 1. The minimum absolute atomic E-state index is 0.166. The summed E-state index contributed by atoms with van der Waals surface area (Å²) in [5.41, 5.74) is 2.13. The second-order valence-corrected chi connectivity index (χ2v) is 5.29. The van der Waals surface area contributed by atoms with Gasteiger partial charge >= 0.3 is 0 Å². The highest BCUT2D eigenvalue weighted by molar-refractivity contribution is 6.49. The van der Waals surface area contributed by atoms with Crippen molar-refractivity contribution < 1.29 is 5.11 Å². The Labute approximate surface area is 124 Å². The quantitative estimate of drug-likeness (QED) is 0.572. The maximum absolute atomic E-state index is 10.3. The molecule has 0 aliphatic carbocycles. The first-order valence-electron chi connectivity index (χ1n) is 5.52. The smallest absolute Gasteiger partial charge is 0.132 e. The summed E-state index contributed by atoms with van der Waals surface area (Å²) < 4.78 is 0. The normalized spacial score (nSPS) is 11.1. The van der Waals surface area contributed by atoms with Crippen LogP contribution in [0.15, 0.2) is 36.5 Å². The van der Waals surface area contributed by atoms with Crippen LogP contribution in [0.1, 0.15) is 0 Å². The molecule has 2 aromatic carbocycles. The number of phenolic OH excluding ortho intramolecular Hbond substituents is 1. The third-order valence-electron chi connectivity index (χ3n) is 3.03. The van der Waals surface area contributed by atoms with Crippen LogP contribution in [0.5, 0.6) is 5.75 Å². The number of aromatic hydroxyl groups is 1. The van der Waals surface area contributed by atoms with Gasteiger partial charge in [-0.15, -0.1) is 0 Å². The van der Waals surface area contributed by atoms with Crippen molar-refractivity contribution >= 4 is 45.7 Å². The zero-order chi connectivity index (χ0) is 13.6. The van der Waals surface area contributed by atoms with Crippen molar-refractivity contribution in [2.75, 3.05) is 0 Å². The molecule has 0 spiro atoms. The summed E-state index contributed by atoms with van der Waals surface area (Å²) in [6.45, 7) is 0. The number of aromatic nitrogens is 1. The van der Waals surface area contributed by atoms with E-state index in [4.69, 9.17) is 34.8 Å². The second-order valence-electron chi connectivity index (χ2n) is 4.12. The maximum atomic E-state index is 10.3. The van der Waals surface area contributed by atoms with Crippen LogP contribution in [0.2, 0.25) is 15.1 Å². The molecule has 96 valence electrons. The first-order valence-corrected chi connectivity index (χ1v) is 6.66. The van der Waals surface area contributed by atoms with Crippen molar-refractivity contribution in [1.29, 1.82) is 0 Å². The molecular formula is C14H8Cl3NO. The molecule has 0 aliphatic rings. The number of benzene rings is 2. The molecule has 0 atom stereocenters. The molecule has 5 heteroatoms. The lowest BCUT2D eigenvalue weighted by Crippen LogP contribution is -1.84. The van der Waals surface area contributed by atoms with Gasteiger partial charge in [-0.2, -0.15) is 0 Å². The number of phenols is 1. The first kappa shape index (κ1) is 12.7. The minimum Gasteiger partial charge on any atom is -0.507 e. The lowest BCUT2D eigenvalue weighted by Gasteiger charge is -2.10. The van der Waals surface area contributed by atoms with E-state index in [1.165, 1.54) is 0 Å². The van der Waals surface area contributed by atoms with Crippen LogP contribution < -0.4 is 0 Å². The SMILES string of the molecule is Oc1c(-c2ccc(Cl)c(Cl)c2Cl)ccc2[nH]ccc12. The van der Waals surface area contributed by atoms with Gasteiger partial charge in [0.25, 0.3) is 0 Å². The Morgan fingerprint density at radius 2 is 1.58 bits per heavy atom. The molecule has 19 heavy (non-hydrogen) atoms. The predicted octanol–water partition coefficient (Wildman–Crippen LogP) is 5.50. The fourth-order valence-electron chi connectivity index (χ4n) is 2.07. The summed E-state index contributed by atoms with van der Waals surface area (Å²) >= 11 is 18.1. The van der Waals surface area contributed by atoms with Crippen LogP contribution in [0.25, 0.3) is 22.0 Å². The molecule has 0 saturated heterocycles. The van der Waals surface area contributed by atoms with Gasteiger partial charge in [0.1, 0.15) is 5.75 Å². The Morgan fingerprint density at radius 1 is 0.842 bits per heavy atom. The van der Waals surface area contributed by atoms with Gasteiger partial charge in [-0.1, -0.05) is 40.9 Å². The van der Waals surface area contributed by atoms with Gasteiger partial charge in [-0.25, -0.2) is 0 Å². The maximum Gasteiger partial charge on any atom is 0.132 e. The predicted molar refractivity (Wildman–Crippen MR) is 80.4 cm³/mol. The van der Waals surface area contributed by atoms with E-state index in [1.807, 2.05) is 6.07 Å². The summed E-state index contributed by atoms with van der Waals surface area (Å²) in [5.74, 6) is 0.166. The van der Waals surface area contributed by atoms with E-state index >= 15 is 0 Å². The van der Waals surface area contributed by atoms with Gasteiger partial charge in [-0.05, 0) is 24.3 Å². The van der Waals surface area contributed by atoms with Crippen LogP contribution in [-0.4, -0.2) is 10.1 Å². The van der Waals surface area contributed by atoms with Crippen LogP contribution >= 0.6 is 34.8 Å².